The number of hydrogen-bond donors (Lipinski definition) is 1. The predicted molar refractivity (Wildman–Crippen MR) is 71.9 cm³/mol. The summed E-state index contributed by atoms with van der Waals surface area (Å²) in [6.45, 7) is 0.525. The van der Waals surface area contributed by atoms with Gasteiger partial charge in [-0.2, -0.15) is 0 Å². The Hall–Kier alpha value is -0.840. The van der Waals surface area contributed by atoms with E-state index in [4.69, 9.17) is 11.6 Å². The number of nitrogens with one attached hydrogen (secondary N) is 1. The monoisotopic (exact) mass is 271 g/mol. The van der Waals surface area contributed by atoms with Crippen LogP contribution in [0.15, 0.2) is 29.7 Å². The summed E-state index contributed by atoms with van der Waals surface area (Å²) in [5.74, 6) is 0.456. The third-order valence-electron chi connectivity index (χ3n) is 2.00. The summed E-state index contributed by atoms with van der Waals surface area (Å²) in [5, 5.41) is 4.85. The minimum atomic E-state index is -0.0207. The molecule has 1 amide bonds. The van der Waals surface area contributed by atoms with Gasteiger partial charge in [-0.15, -0.1) is 34.3 Å². The van der Waals surface area contributed by atoms with Crippen molar-refractivity contribution in [1.29, 1.82) is 0 Å². The summed E-state index contributed by atoms with van der Waals surface area (Å²) < 4.78 is 2.35. The quantitative estimate of drug-likeness (QED) is 0.669. The van der Waals surface area contributed by atoms with Crippen molar-refractivity contribution in [3.63, 3.8) is 0 Å². The van der Waals surface area contributed by atoms with Crippen LogP contribution in [0.5, 0.6) is 0 Å². The van der Waals surface area contributed by atoms with Gasteiger partial charge in [0.15, 0.2) is 0 Å². The van der Waals surface area contributed by atoms with Crippen LogP contribution in [0, 0.1) is 0 Å². The van der Waals surface area contributed by atoms with Gasteiger partial charge >= 0.3 is 0 Å². The highest BCUT2D eigenvalue weighted by atomic mass is 35.5. The second kappa shape index (κ2) is 5.48. The summed E-state index contributed by atoms with van der Waals surface area (Å²) in [4.78, 5) is 12.5. The van der Waals surface area contributed by atoms with Crippen molar-refractivity contribution in [1.82, 2.24) is 5.32 Å². The van der Waals surface area contributed by atoms with Crippen LogP contribution in [0.3, 0.4) is 0 Å². The van der Waals surface area contributed by atoms with E-state index in [9.17, 15) is 4.79 Å². The normalized spacial score (nSPS) is 11.3. The van der Waals surface area contributed by atoms with Gasteiger partial charge in [-0.3, -0.25) is 4.79 Å². The minimum absolute atomic E-state index is 0.0207. The molecule has 84 valence electrons. The lowest BCUT2D eigenvalue weighted by Gasteiger charge is -1.97. The smallest absolute Gasteiger partial charge is 0.261 e. The molecular formula is C11H10ClNOS2. The molecule has 0 aliphatic rings. The fourth-order valence-corrected chi connectivity index (χ4v) is 3.41. The second-order valence-corrected chi connectivity index (χ2v) is 5.44. The molecule has 16 heavy (non-hydrogen) atoms. The lowest BCUT2D eigenvalue weighted by molar-refractivity contribution is 0.0962. The molecule has 0 fully saturated rings. The molecule has 0 aromatic carbocycles. The van der Waals surface area contributed by atoms with E-state index in [1.165, 1.54) is 20.7 Å². The molecule has 0 saturated carbocycles. The van der Waals surface area contributed by atoms with E-state index in [0.29, 0.717) is 12.4 Å². The molecule has 5 heteroatoms. The first kappa shape index (κ1) is 11.6. The van der Waals surface area contributed by atoms with Crippen molar-refractivity contribution < 1.29 is 4.79 Å². The van der Waals surface area contributed by atoms with E-state index in [1.54, 1.807) is 11.3 Å². The maximum absolute atomic E-state index is 11.7. The third kappa shape index (κ3) is 2.64. The number of rotatable bonds is 4. The van der Waals surface area contributed by atoms with Crippen LogP contribution in [-0.2, 0) is 0 Å². The van der Waals surface area contributed by atoms with Gasteiger partial charge in [-0.25, -0.2) is 0 Å². The van der Waals surface area contributed by atoms with Crippen molar-refractivity contribution in [2.75, 3.05) is 12.4 Å². The summed E-state index contributed by atoms with van der Waals surface area (Å²) in [6.07, 6.45) is 3.66. The van der Waals surface area contributed by atoms with Gasteiger partial charge in [0.05, 0.1) is 4.88 Å². The van der Waals surface area contributed by atoms with Gasteiger partial charge in [0.2, 0.25) is 0 Å². The SMILES string of the molecule is O=C(NC/C=C/CCl)c1cc2sccc2s1. The van der Waals surface area contributed by atoms with Crippen molar-refractivity contribution in [3.8, 4) is 0 Å². The maximum Gasteiger partial charge on any atom is 0.261 e. The molecule has 0 radical (unpaired) electrons. The zero-order valence-corrected chi connectivity index (χ0v) is 10.8. The van der Waals surface area contributed by atoms with Crippen LogP contribution in [0.25, 0.3) is 9.40 Å². The highest BCUT2D eigenvalue weighted by Crippen LogP contribution is 2.29. The Kier molecular flexibility index (Phi) is 3.98. The van der Waals surface area contributed by atoms with E-state index in [2.05, 4.69) is 5.32 Å². The molecule has 2 heterocycles. The number of carbonyl (C=O) groups is 1. The van der Waals surface area contributed by atoms with E-state index in [0.717, 1.165) is 4.88 Å². The summed E-state index contributed by atoms with van der Waals surface area (Å²) in [5.41, 5.74) is 0. The van der Waals surface area contributed by atoms with Crippen molar-refractivity contribution >= 4 is 49.6 Å². The highest BCUT2D eigenvalue weighted by Gasteiger charge is 2.09. The Morgan fingerprint density at radius 3 is 3.06 bits per heavy atom. The number of allylic oxidation sites excluding steroid dienone is 1. The number of alkyl halides is 1. The number of halogens is 1. The Labute approximate surface area is 107 Å². The van der Waals surface area contributed by atoms with Gasteiger partial charge in [0.1, 0.15) is 0 Å². The summed E-state index contributed by atoms with van der Waals surface area (Å²) in [7, 11) is 0. The predicted octanol–water partition coefficient (Wildman–Crippen LogP) is 3.49. The molecule has 0 aliphatic carbocycles. The Morgan fingerprint density at radius 2 is 2.31 bits per heavy atom. The lowest BCUT2D eigenvalue weighted by Crippen LogP contribution is -2.22. The average Bonchev–Trinajstić information content (AvgIpc) is 2.83. The molecule has 0 bridgehead atoms. The van der Waals surface area contributed by atoms with Crippen LogP contribution >= 0.6 is 34.3 Å². The van der Waals surface area contributed by atoms with Crippen molar-refractivity contribution in [2.24, 2.45) is 0 Å². The zero-order valence-electron chi connectivity index (χ0n) is 8.40. The standard InChI is InChI=1S/C11H10ClNOS2/c12-4-1-2-5-13-11(14)10-7-9-8(16-10)3-6-15-9/h1-3,6-7H,4-5H2,(H,13,14)/b2-1+. The maximum atomic E-state index is 11.7. The topological polar surface area (TPSA) is 29.1 Å². The van der Waals surface area contributed by atoms with Gasteiger partial charge in [-0.05, 0) is 17.5 Å². The molecule has 2 aromatic heterocycles. The van der Waals surface area contributed by atoms with Crippen LogP contribution in [0.1, 0.15) is 9.67 Å². The number of amides is 1. The molecule has 0 spiro atoms. The van der Waals surface area contributed by atoms with E-state index in [1.807, 2.05) is 29.7 Å². The van der Waals surface area contributed by atoms with Crippen LogP contribution in [-0.4, -0.2) is 18.3 Å². The first-order valence-electron chi connectivity index (χ1n) is 4.77. The largest absolute Gasteiger partial charge is 0.348 e. The lowest BCUT2D eigenvalue weighted by atomic mass is 10.4. The number of thiophene rings is 2. The van der Waals surface area contributed by atoms with Crippen LogP contribution in [0.2, 0.25) is 0 Å². The first-order chi connectivity index (χ1) is 7.81. The van der Waals surface area contributed by atoms with Crippen LogP contribution < -0.4 is 5.32 Å². The van der Waals surface area contributed by atoms with Crippen LogP contribution in [0.4, 0.5) is 0 Å². The van der Waals surface area contributed by atoms with Crippen molar-refractivity contribution in [3.05, 3.63) is 34.5 Å². The summed E-state index contributed by atoms with van der Waals surface area (Å²) >= 11 is 8.66. The van der Waals surface area contributed by atoms with E-state index >= 15 is 0 Å². The third-order valence-corrected chi connectivity index (χ3v) is 4.27. The first-order valence-corrected chi connectivity index (χ1v) is 7.00. The fourth-order valence-electron chi connectivity index (χ4n) is 1.26. The Bertz CT molecular complexity index is 486. The molecule has 0 aliphatic heterocycles. The van der Waals surface area contributed by atoms with Gasteiger partial charge in [0, 0.05) is 21.8 Å². The van der Waals surface area contributed by atoms with E-state index < -0.39 is 0 Å². The molecule has 2 aromatic rings. The zero-order chi connectivity index (χ0) is 11.4. The van der Waals surface area contributed by atoms with Gasteiger partial charge in [0.25, 0.3) is 5.91 Å². The molecule has 0 saturated heterocycles. The Morgan fingerprint density at radius 1 is 1.44 bits per heavy atom. The second-order valence-electron chi connectivity index (χ2n) is 3.10. The highest BCUT2D eigenvalue weighted by molar-refractivity contribution is 7.27. The fraction of sp³-hybridized carbons (Fsp3) is 0.182. The summed E-state index contributed by atoms with van der Waals surface area (Å²) in [6, 6.07) is 3.97. The molecule has 2 nitrogen and oxygen atoms in total. The number of hydrogen-bond acceptors (Lipinski definition) is 3. The Balaban J connectivity index is 1.99. The van der Waals surface area contributed by atoms with Gasteiger partial charge < -0.3 is 5.32 Å². The molecule has 0 unspecified atom stereocenters. The molecule has 2 rings (SSSR count). The molecule has 1 N–H and O–H groups in total. The number of carbonyl (C=O) groups excluding carboxylic acids is 1. The van der Waals surface area contributed by atoms with Gasteiger partial charge in [-0.1, -0.05) is 12.2 Å². The molecular weight excluding hydrogens is 262 g/mol. The number of fused-ring (bicyclic) bond motifs is 1. The molecule has 0 atom stereocenters. The average molecular weight is 272 g/mol. The minimum Gasteiger partial charge on any atom is -0.348 e. The van der Waals surface area contributed by atoms with Crippen molar-refractivity contribution in [2.45, 2.75) is 0 Å². The van der Waals surface area contributed by atoms with E-state index in [-0.39, 0.29) is 5.91 Å².